The molecule has 0 amide bonds. The van der Waals surface area contributed by atoms with Crippen LogP contribution in [0.4, 0.5) is 5.69 Å². The van der Waals surface area contributed by atoms with Crippen molar-refractivity contribution in [3.05, 3.63) is 24.3 Å². The number of nitrogen functional groups attached to an aromatic ring is 1. The van der Waals surface area contributed by atoms with Gasteiger partial charge in [0.2, 0.25) is 10.0 Å². The van der Waals surface area contributed by atoms with Gasteiger partial charge < -0.3 is 15.2 Å². The molecule has 1 aliphatic heterocycles. The second-order valence-corrected chi connectivity index (χ2v) is 7.03. The minimum atomic E-state index is -3.33. The minimum absolute atomic E-state index is 0.0434. The van der Waals surface area contributed by atoms with Crippen molar-refractivity contribution in [1.29, 1.82) is 0 Å². The molecule has 1 aromatic carbocycles. The Morgan fingerprint density at radius 2 is 2.29 bits per heavy atom. The average molecular weight is 314 g/mol. The van der Waals surface area contributed by atoms with Crippen LogP contribution >= 0.6 is 0 Å². The average Bonchev–Trinajstić information content (AvgIpc) is 2.47. The molecule has 1 aromatic rings. The number of rotatable bonds is 6. The van der Waals surface area contributed by atoms with E-state index in [1.54, 1.807) is 28.6 Å². The Bertz CT molecular complexity index is 562. The number of sulfonamides is 1. The van der Waals surface area contributed by atoms with Gasteiger partial charge in [-0.15, -0.1) is 0 Å². The van der Waals surface area contributed by atoms with Crippen LogP contribution in [0.15, 0.2) is 24.3 Å². The van der Waals surface area contributed by atoms with Crippen molar-refractivity contribution in [2.24, 2.45) is 0 Å². The highest BCUT2D eigenvalue weighted by Crippen LogP contribution is 2.17. The molecule has 1 heterocycles. The first kappa shape index (κ1) is 16.1. The fourth-order valence-corrected chi connectivity index (χ4v) is 3.86. The Hall–Kier alpha value is -1.31. The van der Waals surface area contributed by atoms with Gasteiger partial charge in [-0.3, -0.25) is 0 Å². The molecule has 1 fully saturated rings. The summed E-state index contributed by atoms with van der Waals surface area (Å²) >= 11 is 0. The Kier molecular flexibility index (Phi) is 5.44. The Labute approximate surface area is 125 Å². The minimum Gasteiger partial charge on any atom is -0.492 e. The van der Waals surface area contributed by atoms with Gasteiger partial charge in [-0.2, -0.15) is 4.31 Å². The van der Waals surface area contributed by atoms with Crippen molar-refractivity contribution in [2.45, 2.75) is 19.4 Å². The molecule has 2 rings (SSSR count). The van der Waals surface area contributed by atoms with E-state index >= 15 is 0 Å². The van der Waals surface area contributed by atoms with Crippen LogP contribution in [0.3, 0.4) is 0 Å². The molecule has 1 unspecified atom stereocenters. The van der Waals surface area contributed by atoms with Crippen LogP contribution in [0.25, 0.3) is 0 Å². The lowest BCUT2D eigenvalue weighted by molar-refractivity contribution is 0.0313. The zero-order valence-corrected chi connectivity index (χ0v) is 13.0. The zero-order chi connectivity index (χ0) is 15.3. The first-order valence-corrected chi connectivity index (χ1v) is 8.69. The van der Waals surface area contributed by atoms with Crippen molar-refractivity contribution in [2.75, 3.05) is 37.9 Å². The van der Waals surface area contributed by atoms with Crippen molar-refractivity contribution in [1.82, 2.24) is 4.31 Å². The first-order chi connectivity index (χ1) is 10.0. The molecule has 0 saturated carbocycles. The lowest BCUT2D eigenvalue weighted by atomic mass is 10.2. The van der Waals surface area contributed by atoms with E-state index in [2.05, 4.69) is 0 Å². The number of hydrogen-bond acceptors (Lipinski definition) is 5. The molecule has 6 nitrogen and oxygen atoms in total. The molecule has 0 bridgehead atoms. The maximum atomic E-state index is 12.4. The lowest BCUT2D eigenvalue weighted by Gasteiger charge is -2.33. The number of hydrogen-bond donors (Lipinski definition) is 1. The Balaban J connectivity index is 1.91. The summed E-state index contributed by atoms with van der Waals surface area (Å²) in [4.78, 5) is 0. The molecule has 21 heavy (non-hydrogen) atoms. The summed E-state index contributed by atoms with van der Waals surface area (Å²) in [7, 11) is -3.33. The number of ether oxygens (including phenoxy) is 2. The molecule has 0 aliphatic carbocycles. The fraction of sp³-hybridized carbons (Fsp3) is 0.571. The smallest absolute Gasteiger partial charge is 0.217 e. The van der Waals surface area contributed by atoms with Crippen LogP contribution in [-0.2, 0) is 14.8 Å². The van der Waals surface area contributed by atoms with Crippen LogP contribution < -0.4 is 10.5 Å². The molecule has 118 valence electrons. The van der Waals surface area contributed by atoms with Crippen LogP contribution in [-0.4, -0.2) is 50.9 Å². The van der Waals surface area contributed by atoms with Crippen molar-refractivity contribution in [3.63, 3.8) is 0 Å². The van der Waals surface area contributed by atoms with Gasteiger partial charge in [-0.1, -0.05) is 13.0 Å². The number of benzene rings is 1. The normalized spacial score (nSPS) is 20.3. The van der Waals surface area contributed by atoms with Crippen LogP contribution in [0.5, 0.6) is 5.75 Å². The highest BCUT2D eigenvalue weighted by molar-refractivity contribution is 7.89. The predicted molar refractivity (Wildman–Crippen MR) is 81.7 cm³/mol. The standard InChI is InChI=1S/C14H22N2O4S/c1-2-13-11-19-7-6-16(13)21(17,18)9-8-20-14-5-3-4-12(15)10-14/h3-5,10,13H,2,6-9,11,15H2,1H3. The number of morpholine rings is 1. The number of anilines is 1. The highest BCUT2D eigenvalue weighted by atomic mass is 32.2. The predicted octanol–water partition coefficient (Wildman–Crippen LogP) is 1.09. The highest BCUT2D eigenvalue weighted by Gasteiger charge is 2.31. The van der Waals surface area contributed by atoms with E-state index in [1.165, 1.54) is 0 Å². The van der Waals surface area contributed by atoms with Crippen LogP contribution in [0, 0.1) is 0 Å². The van der Waals surface area contributed by atoms with Crippen molar-refractivity contribution < 1.29 is 17.9 Å². The zero-order valence-electron chi connectivity index (χ0n) is 12.2. The summed E-state index contributed by atoms with van der Waals surface area (Å²) in [6.45, 7) is 3.40. The quantitative estimate of drug-likeness (QED) is 0.795. The summed E-state index contributed by atoms with van der Waals surface area (Å²) < 4.78 is 37.1. The molecule has 1 atom stereocenters. The largest absolute Gasteiger partial charge is 0.492 e. The van der Waals surface area contributed by atoms with Gasteiger partial charge in [0.15, 0.2) is 0 Å². The van der Waals surface area contributed by atoms with Gasteiger partial charge in [-0.25, -0.2) is 8.42 Å². The van der Waals surface area contributed by atoms with Crippen LogP contribution in [0.2, 0.25) is 0 Å². The summed E-state index contributed by atoms with van der Waals surface area (Å²) in [6.07, 6.45) is 0.745. The van der Waals surface area contributed by atoms with Gasteiger partial charge in [-0.05, 0) is 18.6 Å². The monoisotopic (exact) mass is 314 g/mol. The maximum absolute atomic E-state index is 12.4. The second-order valence-electron chi connectivity index (χ2n) is 4.98. The van der Waals surface area contributed by atoms with Crippen molar-refractivity contribution in [3.8, 4) is 5.75 Å². The molecular formula is C14H22N2O4S. The van der Waals surface area contributed by atoms with Gasteiger partial charge in [0, 0.05) is 24.3 Å². The van der Waals surface area contributed by atoms with Gasteiger partial charge in [0.05, 0.1) is 19.0 Å². The fourth-order valence-electron chi connectivity index (χ4n) is 2.31. The van der Waals surface area contributed by atoms with E-state index in [0.717, 1.165) is 6.42 Å². The summed E-state index contributed by atoms with van der Waals surface area (Å²) in [5.74, 6) is 0.539. The van der Waals surface area contributed by atoms with Crippen molar-refractivity contribution >= 4 is 15.7 Å². The third kappa shape index (κ3) is 4.33. The summed E-state index contributed by atoms with van der Waals surface area (Å²) in [5.41, 5.74) is 6.24. The summed E-state index contributed by atoms with van der Waals surface area (Å²) in [5, 5.41) is 0. The van der Waals surface area contributed by atoms with E-state index in [0.29, 0.717) is 31.2 Å². The summed E-state index contributed by atoms with van der Waals surface area (Å²) in [6, 6.07) is 6.89. The molecule has 0 radical (unpaired) electrons. The molecule has 7 heteroatoms. The molecule has 0 spiro atoms. The first-order valence-electron chi connectivity index (χ1n) is 7.08. The third-order valence-electron chi connectivity index (χ3n) is 3.47. The van der Waals surface area contributed by atoms with Gasteiger partial charge in [0.25, 0.3) is 0 Å². The number of nitrogens with zero attached hydrogens (tertiary/aromatic N) is 1. The van der Waals surface area contributed by atoms with Gasteiger partial charge >= 0.3 is 0 Å². The SMILES string of the molecule is CCC1COCCN1S(=O)(=O)CCOc1cccc(N)c1. The topological polar surface area (TPSA) is 81.9 Å². The maximum Gasteiger partial charge on any atom is 0.217 e. The second kappa shape index (κ2) is 7.11. The van der Waals surface area contributed by atoms with E-state index in [-0.39, 0.29) is 18.4 Å². The third-order valence-corrected chi connectivity index (χ3v) is 5.35. The molecule has 2 N–H and O–H groups in total. The molecular weight excluding hydrogens is 292 g/mol. The molecule has 1 saturated heterocycles. The van der Waals surface area contributed by atoms with E-state index < -0.39 is 10.0 Å². The Morgan fingerprint density at radius 3 is 3.00 bits per heavy atom. The van der Waals surface area contributed by atoms with E-state index in [4.69, 9.17) is 15.2 Å². The lowest BCUT2D eigenvalue weighted by Crippen LogP contribution is -2.49. The van der Waals surface area contributed by atoms with E-state index in [1.807, 2.05) is 6.92 Å². The van der Waals surface area contributed by atoms with Crippen LogP contribution in [0.1, 0.15) is 13.3 Å². The van der Waals surface area contributed by atoms with E-state index in [9.17, 15) is 8.42 Å². The van der Waals surface area contributed by atoms with Gasteiger partial charge in [0.1, 0.15) is 12.4 Å². The Morgan fingerprint density at radius 1 is 1.48 bits per heavy atom. The molecule has 0 aromatic heterocycles. The number of nitrogens with two attached hydrogens (primary N) is 1. The molecule has 1 aliphatic rings.